The van der Waals surface area contributed by atoms with Crippen molar-refractivity contribution >= 4 is 101 Å². The van der Waals surface area contributed by atoms with E-state index in [0.29, 0.717) is 74.9 Å². The van der Waals surface area contributed by atoms with Crippen LogP contribution in [0.2, 0.25) is 5.02 Å². The molecule has 3 saturated heterocycles. The number of aliphatic hydroxyl groups is 1. The van der Waals surface area contributed by atoms with E-state index in [1.54, 1.807) is 33.9 Å². The van der Waals surface area contributed by atoms with Crippen LogP contribution in [0, 0.1) is 17.8 Å². The summed E-state index contributed by atoms with van der Waals surface area (Å²) in [4.78, 5) is 82.3. The van der Waals surface area contributed by atoms with E-state index < -0.39 is 88.2 Å². The van der Waals surface area contributed by atoms with Crippen LogP contribution in [-0.4, -0.2) is 184 Å². The van der Waals surface area contributed by atoms with Gasteiger partial charge in [0.25, 0.3) is 25.8 Å². The van der Waals surface area contributed by atoms with Crippen LogP contribution in [0.1, 0.15) is 125 Å². The number of hydrogen-bond acceptors (Lipinski definition) is 17. The van der Waals surface area contributed by atoms with Gasteiger partial charge in [-0.1, -0.05) is 99.0 Å². The van der Waals surface area contributed by atoms with Gasteiger partial charge >= 0.3 is 5.51 Å². The third-order valence-corrected chi connectivity index (χ3v) is 25.8. The summed E-state index contributed by atoms with van der Waals surface area (Å²) < 4.78 is 100. The minimum atomic E-state index is -6.18. The van der Waals surface area contributed by atoms with Gasteiger partial charge < -0.3 is 35.8 Å². The Morgan fingerprint density at radius 2 is 1.46 bits per heavy atom. The van der Waals surface area contributed by atoms with Gasteiger partial charge in [-0.15, -0.1) is 23.1 Å². The number of aliphatic hydroxyl groups excluding tert-OH is 1. The molecule has 4 fully saturated rings. The normalized spacial score (nSPS) is 18.8. The highest BCUT2D eigenvalue weighted by molar-refractivity contribution is 7.99. The van der Waals surface area contributed by atoms with Crippen molar-refractivity contribution < 1.29 is 59.1 Å². The van der Waals surface area contributed by atoms with Crippen LogP contribution in [0.25, 0.3) is 16.0 Å². The molecule has 2 aliphatic carbocycles. The molecule has 104 heavy (non-hydrogen) atoms. The number of likely N-dealkylation sites (tertiary alicyclic amines) is 1. The number of rotatable bonds is 28. The molecule has 5 aromatic carbocycles. The number of piperazine rings is 2. The second-order valence-corrected chi connectivity index (χ2v) is 35.1. The maximum absolute atomic E-state index is 14.6. The molecular formula is C76H92ClF3N10O10S4. The Bertz CT molecular complexity index is 4300. The first kappa shape index (κ1) is 77.7. The summed E-state index contributed by atoms with van der Waals surface area (Å²) >= 11 is 9.18. The van der Waals surface area contributed by atoms with Crippen molar-refractivity contribution in [2.24, 2.45) is 10.8 Å². The van der Waals surface area contributed by atoms with Crippen molar-refractivity contribution in [3.05, 3.63) is 160 Å². The van der Waals surface area contributed by atoms with Gasteiger partial charge in [-0.05, 0) is 158 Å². The number of thioether (sulfide) groups is 1. The largest absolute Gasteiger partial charge is 0.501 e. The fourth-order valence-electron chi connectivity index (χ4n) is 14.2. The van der Waals surface area contributed by atoms with E-state index in [9.17, 15) is 59.1 Å². The maximum Gasteiger partial charge on any atom is 0.501 e. The fourth-order valence-corrected chi connectivity index (χ4v) is 18.2. The van der Waals surface area contributed by atoms with Gasteiger partial charge in [-0.3, -0.25) is 33.8 Å². The van der Waals surface area contributed by atoms with Crippen LogP contribution in [0.4, 0.5) is 24.5 Å². The lowest BCUT2D eigenvalue weighted by atomic mass is 9.79. The number of unbranched alkanes of at least 4 members (excludes halogenated alkanes) is 2. The number of thiazole rings is 1. The average Bonchev–Trinajstić information content (AvgIpc) is 1.59. The van der Waals surface area contributed by atoms with Gasteiger partial charge in [0.05, 0.1) is 32.8 Å². The zero-order valence-electron chi connectivity index (χ0n) is 59.1. The van der Waals surface area contributed by atoms with Crippen LogP contribution in [0.15, 0.2) is 147 Å². The van der Waals surface area contributed by atoms with Crippen LogP contribution in [0.5, 0.6) is 0 Å². The summed E-state index contributed by atoms with van der Waals surface area (Å²) in [5, 5.41) is 20.2. The van der Waals surface area contributed by atoms with E-state index in [1.165, 1.54) is 64.8 Å². The molecule has 20 nitrogen and oxygen atoms in total. The standard InChI is InChI=1S/C76H92ClF3N10O10S4/c1-51-69(102-50-82-51)54-17-15-52(16-18-54)46-81-72(95)65-43-60(91)48-90(65)73(96)70(74(2,3)4)84-67(92)13-9-6-10-14-68(93)89-41-35-86(36-42-89)34-30-58(49-101-61-11-7-5-8-12-61)83-64-28-27-62(44-66(64)103(97,98)76(78,79)80)104(99,100)85-71(94)55-21-25-59(26-22-55)88-39-37-87(38-40-88)47-56-45-75(32-33-75)31-29-63(56)53-19-23-57(77)24-20-53/h5,7-8,11-12,15-28,44,50,58,60,65,70,83,91H,6,9-10,13-14,29-43,45-49H2,1-4H3,(H,81,95)(H,84,92)(H,85,94)/t58-,60-,65+,70-/m1/s1. The molecule has 4 heterocycles. The molecule has 28 heteroatoms. The van der Waals surface area contributed by atoms with Crippen molar-refractivity contribution in [1.29, 1.82) is 0 Å². The number of aromatic nitrogens is 1. The number of nitrogens with zero attached hydrogens (tertiary/aromatic N) is 6. The molecule has 5 N–H and O–H groups in total. The molecule has 1 aromatic heterocycles. The molecule has 4 atom stereocenters. The summed E-state index contributed by atoms with van der Waals surface area (Å²) in [6.07, 6.45) is 7.19. The van der Waals surface area contributed by atoms with Crippen molar-refractivity contribution in [2.45, 2.75) is 156 Å². The number of carbonyl (C=O) groups excluding carboxylic acids is 5. The number of benzene rings is 5. The number of carbonyl (C=O) groups is 5. The topological polar surface area (TPSA) is 251 Å². The number of halogens is 4. The third-order valence-electron chi connectivity index (χ3n) is 20.5. The molecule has 3 aliphatic heterocycles. The molecule has 1 saturated carbocycles. The maximum atomic E-state index is 14.6. The predicted octanol–water partition coefficient (Wildman–Crippen LogP) is 11.6. The SMILES string of the molecule is Cc1ncsc1-c1ccc(CNC(=O)[C@@H]2C[C@@H](O)CN2C(=O)[C@@H](NC(=O)CCCCCC(=O)N2CCN(CC[C@H](CSc3ccccc3)Nc3ccc(S(=O)(=O)NC(=O)c4ccc(N5CCN(CC6=C(c7ccc(Cl)cc7)CCC7(CC7)C6)CC5)cc4)cc3S(=O)(=O)C(F)(F)F)CC2)C(C)(C)C)cc1. The van der Waals surface area contributed by atoms with Gasteiger partial charge in [-0.25, -0.2) is 26.5 Å². The smallest absolute Gasteiger partial charge is 0.391 e. The van der Waals surface area contributed by atoms with Gasteiger partial charge in [0.1, 0.15) is 17.0 Å². The Kier molecular flexibility index (Phi) is 25.1. The second-order valence-electron chi connectivity index (χ2n) is 29.1. The Balaban J connectivity index is 0.641. The van der Waals surface area contributed by atoms with E-state index in [1.807, 2.05) is 99.1 Å². The van der Waals surface area contributed by atoms with Crippen molar-refractivity contribution in [1.82, 2.24) is 39.9 Å². The Labute approximate surface area is 620 Å². The highest BCUT2D eigenvalue weighted by atomic mass is 35.5. The zero-order chi connectivity index (χ0) is 74.1. The number of allylic oxidation sites excluding steroid dienone is 1. The van der Waals surface area contributed by atoms with Gasteiger partial charge in [-0.2, -0.15) is 13.2 Å². The van der Waals surface area contributed by atoms with Crippen molar-refractivity contribution in [2.75, 3.05) is 88.0 Å². The van der Waals surface area contributed by atoms with Gasteiger partial charge in [0, 0.05) is 131 Å². The summed E-state index contributed by atoms with van der Waals surface area (Å²) in [6, 6.07) is 31.2. The number of nitrogens with one attached hydrogen (secondary N) is 4. The number of aryl methyl sites for hydroxylation is 1. The van der Waals surface area contributed by atoms with Gasteiger partial charge in [0.2, 0.25) is 23.6 Å². The molecule has 11 rings (SSSR count). The van der Waals surface area contributed by atoms with E-state index in [0.717, 1.165) is 90.0 Å². The number of sulfone groups is 1. The fraction of sp³-hybridized carbons (Fsp3) is 0.474. The van der Waals surface area contributed by atoms with E-state index >= 15 is 0 Å². The molecule has 5 amide bonds. The molecule has 558 valence electrons. The molecule has 0 radical (unpaired) electrons. The summed E-state index contributed by atoms with van der Waals surface area (Å²) in [5.41, 5.74) is 2.92. The lowest BCUT2D eigenvalue weighted by molar-refractivity contribution is -0.144. The van der Waals surface area contributed by atoms with Crippen LogP contribution in [0.3, 0.4) is 0 Å². The van der Waals surface area contributed by atoms with Crippen LogP contribution < -0.4 is 25.6 Å². The predicted molar refractivity (Wildman–Crippen MR) is 400 cm³/mol. The van der Waals surface area contributed by atoms with Crippen LogP contribution >= 0.6 is 34.7 Å². The van der Waals surface area contributed by atoms with E-state index in [4.69, 9.17) is 11.6 Å². The zero-order valence-corrected chi connectivity index (χ0v) is 63.1. The molecule has 1 spiro atoms. The average molecular weight is 1530 g/mol. The highest BCUT2D eigenvalue weighted by Crippen LogP contribution is 2.58. The van der Waals surface area contributed by atoms with Crippen LogP contribution in [-0.2, 0) is 45.6 Å². The lowest BCUT2D eigenvalue weighted by Gasteiger charge is -2.38. The number of sulfonamides is 1. The van der Waals surface area contributed by atoms with E-state index in [-0.39, 0.29) is 55.5 Å². The van der Waals surface area contributed by atoms with Crippen molar-refractivity contribution in [3.8, 4) is 10.4 Å². The number of β-amino-alcohol motifs (C(OH)–C–C–N with tert-alkyl or cyclic N) is 1. The highest BCUT2D eigenvalue weighted by Gasteiger charge is 2.50. The summed E-state index contributed by atoms with van der Waals surface area (Å²) in [6.45, 7) is 13.7. The summed E-state index contributed by atoms with van der Waals surface area (Å²) in [5.74, 6) is -2.09. The Hall–Kier alpha value is -7.37. The number of amides is 5. The van der Waals surface area contributed by atoms with Crippen molar-refractivity contribution in [3.63, 3.8) is 0 Å². The molecule has 5 aliphatic rings. The minimum Gasteiger partial charge on any atom is -0.391 e. The second kappa shape index (κ2) is 33.6. The minimum absolute atomic E-state index is 0.0361. The third kappa shape index (κ3) is 19.8. The summed E-state index contributed by atoms with van der Waals surface area (Å²) in [7, 11) is -11.1. The Morgan fingerprint density at radius 1 is 0.788 bits per heavy atom. The first-order chi connectivity index (χ1) is 49.5. The first-order valence-electron chi connectivity index (χ1n) is 35.6. The van der Waals surface area contributed by atoms with Gasteiger partial charge in [0.15, 0.2) is 0 Å². The molecular weight excluding hydrogens is 1430 g/mol. The molecule has 6 aromatic rings. The number of alkyl halides is 3. The monoisotopic (exact) mass is 1520 g/mol. The molecule has 0 bridgehead atoms. The first-order valence-corrected chi connectivity index (χ1v) is 40.8. The lowest BCUT2D eigenvalue weighted by Crippen LogP contribution is -2.57. The molecule has 0 unspecified atom stereocenters. The number of anilines is 2. The number of hydrogen-bond donors (Lipinski definition) is 5. The Morgan fingerprint density at radius 3 is 2.12 bits per heavy atom. The van der Waals surface area contributed by atoms with E-state index in [2.05, 4.69) is 47.8 Å². The quantitative estimate of drug-likeness (QED) is 0.0226.